The standard InChI is InChI=1S/C12H13BrO3/c13-11-7-9(8-14)1-2-12(11)16-10-3-5-15-6-4-10/h1-2,7-8,10H,3-6H2. The smallest absolute Gasteiger partial charge is 0.150 e. The minimum absolute atomic E-state index is 0.215. The van der Waals surface area contributed by atoms with Gasteiger partial charge in [0.05, 0.1) is 17.7 Å². The number of carbonyl (C=O) groups excluding carboxylic acids is 1. The van der Waals surface area contributed by atoms with Crippen molar-refractivity contribution in [2.24, 2.45) is 0 Å². The van der Waals surface area contributed by atoms with E-state index in [0.717, 1.165) is 42.6 Å². The van der Waals surface area contributed by atoms with E-state index in [1.807, 2.05) is 6.07 Å². The molecular weight excluding hydrogens is 272 g/mol. The molecule has 1 aliphatic heterocycles. The Kier molecular flexibility index (Phi) is 3.96. The lowest BCUT2D eigenvalue weighted by Gasteiger charge is -2.23. The molecule has 0 radical (unpaired) electrons. The van der Waals surface area contributed by atoms with Gasteiger partial charge in [0.2, 0.25) is 0 Å². The molecule has 0 aromatic heterocycles. The Labute approximate surface area is 103 Å². The molecule has 0 saturated carbocycles. The van der Waals surface area contributed by atoms with Gasteiger partial charge in [-0.25, -0.2) is 0 Å². The van der Waals surface area contributed by atoms with Crippen LogP contribution in [0.4, 0.5) is 0 Å². The zero-order valence-corrected chi connectivity index (χ0v) is 10.4. The van der Waals surface area contributed by atoms with E-state index >= 15 is 0 Å². The number of rotatable bonds is 3. The van der Waals surface area contributed by atoms with Crippen molar-refractivity contribution in [1.29, 1.82) is 0 Å². The molecule has 0 amide bonds. The summed E-state index contributed by atoms with van der Waals surface area (Å²) in [7, 11) is 0. The van der Waals surface area contributed by atoms with Crippen LogP contribution in [0.15, 0.2) is 22.7 Å². The Morgan fingerprint density at radius 1 is 1.38 bits per heavy atom. The number of hydrogen-bond acceptors (Lipinski definition) is 3. The second kappa shape index (κ2) is 5.46. The molecule has 1 aromatic carbocycles. The summed E-state index contributed by atoms with van der Waals surface area (Å²) in [5.41, 5.74) is 0.645. The molecule has 4 heteroatoms. The molecule has 0 N–H and O–H groups in total. The largest absolute Gasteiger partial charge is 0.489 e. The number of ether oxygens (including phenoxy) is 2. The van der Waals surface area contributed by atoms with Crippen molar-refractivity contribution < 1.29 is 14.3 Å². The predicted molar refractivity (Wildman–Crippen MR) is 64.0 cm³/mol. The Balaban J connectivity index is 2.05. The van der Waals surface area contributed by atoms with Crippen molar-refractivity contribution in [3.8, 4) is 5.75 Å². The third-order valence-corrected chi connectivity index (χ3v) is 3.17. The van der Waals surface area contributed by atoms with Crippen molar-refractivity contribution in [1.82, 2.24) is 0 Å². The van der Waals surface area contributed by atoms with E-state index in [1.165, 1.54) is 0 Å². The van der Waals surface area contributed by atoms with Crippen molar-refractivity contribution in [3.63, 3.8) is 0 Å². The highest BCUT2D eigenvalue weighted by Crippen LogP contribution is 2.28. The van der Waals surface area contributed by atoms with Crippen molar-refractivity contribution in [2.75, 3.05) is 13.2 Å². The molecule has 0 aliphatic carbocycles. The first-order valence-corrected chi connectivity index (χ1v) is 6.08. The molecule has 1 aliphatic rings. The van der Waals surface area contributed by atoms with Crippen LogP contribution in [-0.4, -0.2) is 25.6 Å². The summed E-state index contributed by atoms with van der Waals surface area (Å²) >= 11 is 3.40. The quantitative estimate of drug-likeness (QED) is 0.801. The van der Waals surface area contributed by atoms with Gasteiger partial charge in [-0.15, -0.1) is 0 Å². The van der Waals surface area contributed by atoms with E-state index in [-0.39, 0.29) is 6.10 Å². The maximum atomic E-state index is 10.6. The lowest BCUT2D eigenvalue weighted by atomic mass is 10.1. The van der Waals surface area contributed by atoms with Gasteiger partial charge in [0.15, 0.2) is 0 Å². The summed E-state index contributed by atoms with van der Waals surface area (Å²) in [5.74, 6) is 0.789. The van der Waals surface area contributed by atoms with Crippen LogP contribution in [0, 0.1) is 0 Å². The number of hydrogen-bond donors (Lipinski definition) is 0. The average Bonchev–Trinajstić information content (AvgIpc) is 2.33. The molecule has 3 nitrogen and oxygen atoms in total. The number of carbonyl (C=O) groups is 1. The fourth-order valence-electron chi connectivity index (χ4n) is 1.66. The Morgan fingerprint density at radius 3 is 2.75 bits per heavy atom. The molecule has 0 bridgehead atoms. The molecule has 16 heavy (non-hydrogen) atoms. The van der Waals surface area contributed by atoms with Crippen LogP contribution in [0.5, 0.6) is 5.75 Å². The summed E-state index contributed by atoms with van der Waals surface area (Å²) in [6.45, 7) is 1.52. The van der Waals surface area contributed by atoms with Gasteiger partial charge in [0.1, 0.15) is 18.1 Å². The number of aldehydes is 1. The Hall–Kier alpha value is -0.870. The van der Waals surface area contributed by atoms with Gasteiger partial charge in [-0.2, -0.15) is 0 Å². The molecule has 1 fully saturated rings. The minimum atomic E-state index is 0.215. The second-order valence-corrected chi connectivity index (χ2v) is 4.59. The third-order valence-electron chi connectivity index (χ3n) is 2.55. The summed E-state index contributed by atoms with van der Waals surface area (Å²) < 4.78 is 11.9. The molecule has 0 spiro atoms. The lowest BCUT2D eigenvalue weighted by Crippen LogP contribution is -2.25. The molecule has 86 valence electrons. The SMILES string of the molecule is O=Cc1ccc(OC2CCOCC2)c(Br)c1. The van der Waals surface area contributed by atoms with Crippen molar-refractivity contribution >= 4 is 22.2 Å². The summed E-state index contributed by atoms with van der Waals surface area (Å²) in [6, 6.07) is 5.34. The molecule has 0 atom stereocenters. The molecule has 0 unspecified atom stereocenters. The van der Waals surface area contributed by atoms with E-state index in [1.54, 1.807) is 12.1 Å². The van der Waals surface area contributed by atoms with Gasteiger partial charge in [-0.05, 0) is 34.1 Å². The van der Waals surface area contributed by atoms with E-state index in [4.69, 9.17) is 9.47 Å². The number of halogens is 1. The van der Waals surface area contributed by atoms with Crippen molar-refractivity contribution in [3.05, 3.63) is 28.2 Å². The zero-order chi connectivity index (χ0) is 11.4. The molecule has 2 rings (SSSR count). The van der Waals surface area contributed by atoms with Gasteiger partial charge >= 0.3 is 0 Å². The monoisotopic (exact) mass is 284 g/mol. The maximum Gasteiger partial charge on any atom is 0.150 e. The average molecular weight is 285 g/mol. The zero-order valence-electron chi connectivity index (χ0n) is 8.82. The summed E-state index contributed by atoms with van der Waals surface area (Å²) in [5, 5.41) is 0. The van der Waals surface area contributed by atoms with Crippen LogP contribution in [0.1, 0.15) is 23.2 Å². The fourth-order valence-corrected chi connectivity index (χ4v) is 2.15. The molecular formula is C12H13BrO3. The van der Waals surface area contributed by atoms with E-state index in [2.05, 4.69) is 15.9 Å². The summed E-state index contributed by atoms with van der Waals surface area (Å²) in [6.07, 6.45) is 2.87. The van der Waals surface area contributed by atoms with Crippen molar-refractivity contribution in [2.45, 2.75) is 18.9 Å². The molecule has 1 aromatic rings. The van der Waals surface area contributed by atoms with Gasteiger partial charge in [-0.3, -0.25) is 4.79 Å². The maximum absolute atomic E-state index is 10.6. The van der Waals surface area contributed by atoms with Gasteiger partial charge < -0.3 is 9.47 Å². The van der Waals surface area contributed by atoms with Gasteiger partial charge in [0.25, 0.3) is 0 Å². The Morgan fingerprint density at radius 2 is 2.12 bits per heavy atom. The fraction of sp³-hybridized carbons (Fsp3) is 0.417. The normalized spacial score (nSPS) is 17.1. The van der Waals surface area contributed by atoms with E-state index in [0.29, 0.717) is 5.56 Å². The predicted octanol–water partition coefficient (Wildman–Crippen LogP) is 2.82. The third kappa shape index (κ3) is 2.83. The topological polar surface area (TPSA) is 35.5 Å². The van der Waals surface area contributed by atoms with E-state index < -0.39 is 0 Å². The van der Waals surface area contributed by atoms with Crippen LogP contribution >= 0.6 is 15.9 Å². The highest BCUT2D eigenvalue weighted by atomic mass is 79.9. The highest BCUT2D eigenvalue weighted by molar-refractivity contribution is 9.10. The van der Waals surface area contributed by atoms with Crippen LogP contribution in [-0.2, 0) is 4.74 Å². The molecule has 1 saturated heterocycles. The first-order valence-electron chi connectivity index (χ1n) is 5.29. The lowest BCUT2D eigenvalue weighted by molar-refractivity contribution is 0.0253. The molecule has 1 heterocycles. The van der Waals surface area contributed by atoms with Crippen LogP contribution in [0.25, 0.3) is 0 Å². The summed E-state index contributed by atoms with van der Waals surface area (Å²) in [4.78, 5) is 10.6. The van der Waals surface area contributed by atoms with Crippen LogP contribution in [0.2, 0.25) is 0 Å². The van der Waals surface area contributed by atoms with Crippen LogP contribution in [0.3, 0.4) is 0 Å². The number of benzene rings is 1. The van der Waals surface area contributed by atoms with Gasteiger partial charge in [-0.1, -0.05) is 0 Å². The highest BCUT2D eigenvalue weighted by Gasteiger charge is 2.16. The first-order chi connectivity index (χ1) is 7.79. The minimum Gasteiger partial charge on any atom is -0.489 e. The Bertz CT molecular complexity index is 373. The van der Waals surface area contributed by atoms with E-state index in [9.17, 15) is 4.79 Å². The van der Waals surface area contributed by atoms with Crippen LogP contribution < -0.4 is 4.74 Å². The van der Waals surface area contributed by atoms with Gasteiger partial charge in [0, 0.05) is 18.4 Å². The first kappa shape index (κ1) is 11.6. The second-order valence-electron chi connectivity index (χ2n) is 3.74.